The van der Waals surface area contributed by atoms with E-state index in [4.69, 9.17) is 5.11 Å². The second kappa shape index (κ2) is 5.96. The van der Waals surface area contributed by atoms with Gasteiger partial charge < -0.3 is 5.11 Å². The minimum Gasteiger partial charge on any atom is -0.478 e. The van der Waals surface area contributed by atoms with Crippen molar-refractivity contribution in [3.8, 4) is 0 Å². The van der Waals surface area contributed by atoms with Crippen LogP contribution in [0.1, 0.15) is 21.5 Å². The molecule has 20 heavy (non-hydrogen) atoms. The van der Waals surface area contributed by atoms with Crippen LogP contribution >= 0.6 is 0 Å². The van der Waals surface area contributed by atoms with Gasteiger partial charge in [0.05, 0.1) is 22.1 Å². The molecule has 0 radical (unpaired) electrons. The lowest BCUT2D eigenvalue weighted by atomic mass is 10.1. The molecule has 0 bridgehead atoms. The summed E-state index contributed by atoms with van der Waals surface area (Å²) in [6, 6.07) is 10.6. The fourth-order valence-corrected chi connectivity index (χ4v) is 2.84. The first kappa shape index (κ1) is 14.4. The highest BCUT2D eigenvalue weighted by Gasteiger charge is 2.12. The van der Waals surface area contributed by atoms with E-state index in [1.165, 1.54) is 12.1 Å². The Morgan fingerprint density at radius 2 is 1.85 bits per heavy atom. The number of hydrogen-bond acceptors (Lipinski definition) is 2. The Balaban J connectivity index is 2.25. The molecule has 2 rings (SSSR count). The molecule has 1 unspecified atom stereocenters. The third-order valence-corrected chi connectivity index (χ3v) is 4.23. The van der Waals surface area contributed by atoms with Gasteiger partial charge in [-0.3, -0.25) is 4.21 Å². The number of benzene rings is 2. The predicted octanol–water partition coefficient (Wildman–Crippen LogP) is 3.14. The van der Waals surface area contributed by atoms with Crippen LogP contribution in [-0.4, -0.2) is 15.3 Å². The normalized spacial score (nSPS) is 12.1. The van der Waals surface area contributed by atoms with E-state index in [2.05, 4.69) is 0 Å². The van der Waals surface area contributed by atoms with Gasteiger partial charge in [-0.25, -0.2) is 9.18 Å². The summed E-state index contributed by atoms with van der Waals surface area (Å²) in [6.07, 6.45) is 0. The van der Waals surface area contributed by atoms with Gasteiger partial charge in [0.15, 0.2) is 0 Å². The van der Waals surface area contributed by atoms with Gasteiger partial charge in [0.1, 0.15) is 5.82 Å². The van der Waals surface area contributed by atoms with E-state index in [9.17, 15) is 13.4 Å². The van der Waals surface area contributed by atoms with E-state index in [0.29, 0.717) is 4.90 Å². The largest absolute Gasteiger partial charge is 0.478 e. The number of rotatable bonds is 4. The van der Waals surface area contributed by atoms with Crippen molar-refractivity contribution in [1.82, 2.24) is 0 Å². The summed E-state index contributed by atoms with van der Waals surface area (Å²) in [5.74, 6) is -1.72. The van der Waals surface area contributed by atoms with Gasteiger partial charge in [0, 0.05) is 10.5 Å². The standard InChI is InChI=1S/C15H13FO3S/c1-10-2-5-13(6-3-10)20(19)9-12-8-11(15(17)18)4-7-14(12)16/h2-8H,9H2,1H3,(H,17,18). The molecule has 1 atom stereocenters. The third kappa shape index (κ3) is 3.30. The zero-order valence-electron chi connectivity index (χ0n) is 10.8. The highest BCUT2D eigenvalue weighted by atomic mass is 32.2. The summed E-state index contributed by atoms with van der Waals surface area (Å²) in [7, 11) is -1.41. The van der Waals surface area contributed by atoms with Crippen molar-refractivity contribution in [2.24, 2.45) is 0 Å². The van der Waals surface area contributed by atoms with Crippen LogP contribution in [0.5, 0.6) is 0 Å². The number of aromatic carboxylic acids is 1. The molecule has 0 fully saturated rings. The summed E-state index contributed by atoms with van der Waals surface area (Å²) in [5.41, 5.74) is 1.18. The summed E-state index contributed by atoms with van der Waals surface area (Å²) < 4.78 is 25.8. The maximum atomic E-state index is 13.6. The Morgan fingerprint density at radius 1 is 1.20 bits per heavy atom. The monoisotopic (exact) mass is 292 g/mol. The van der Waals surface area contributed by atoms with E-state index in [1.54, 1.807) is 12.1 Å². The number of aryl methyl sites for hydroxylation is 1. The Morgan fingerprint density at radius 3 is 2.45 bits per heavy atom. The molecule has 2 aromatic rings. The maximum Gasteiger partial charge on any atom is 0.335 e. The highest BCUT2D eigenvalue weighted by Crippen LogP contribution is 2.17. The quantitative estimate of drug-likeness (QED) is 0.942. The second-order valence-electron chi connectivity index (χ2n) is 4.41. The van der Waals surface area contributed by atoms with Gasteiger partial charge in [0.2, 0.25) is 0 Å². The number of halogens is 1. The third-order valence-electron chi connectivity index (χ3n) is 2.86. The molecule has 0 saturated carbocycles. The Labute approximate surface area is 118 Å². The van der Waals surface area contributed by atoms with Crippen LogP contribution in [0.2, 0.25) is 0 Å². The molecule has 0 aliphatic rings. The molecule has 0 saturated heterocycles. The fraction of sp³-hybridized carbons (Fsp3) is 0.133. The fourth-order valence-electron chi connectivity index (χ4n) is 1.73. The summed E-state index contributed by atoms with van der Waals surface area (Å²) in [5, 5.41) is 8.88. The molecule has 3 nitrogen and oxygen atoms in total. The molecule has 0 spiro atoms. The lowest BCUT2D eigenvalue weighted by Gasteiger charge is -2.06. The van der Waals surface area contributed by atoms with Gasteiger partial charge in [-0.2, -0.15) is 0 Å². The smallest absolute Gasteiger partial charge is 0.335 e. The lowest BCUT2D eigenvalue weighted by Crippen LogP contribution is -2.03. The zero-order valence-corrected chi connectivity index (χ0v) is 11.6. The highest BCUT2D eigenvalue weighted by molar-refractivity contribution is 7.84. The number of carboxylic acids is 1. The van der Waals surface area contributed by atoms with Crippen molar-refractivity contribution in [2.75, 3.05) is 0 Å². The van der Waals surface area contributed by atoms with Crippen molar-refractivity contribution < 1.29 is 18.5 Å². The molecule has 5 heteroatoms. The van der Waals surface area contributed by atoms with E-state index in [1.807, 2.05) is 19.1 Å². The van der Waals surface area contributed by atoms with E-state index >= 15 is 0 Å². The van der Waals surface area contributed by atoms with Crippen LogP contribution in [0.25, 0.3) is 0 Å². The SMILES string of the molecule is Cc1ccc(S(=O)Cc2cc(C(=O)O)ccc2F)cc1. The van der Waals surface area contributed by atoms with Crippen LogP contribution in [-0.2, 0) is 16.6 Å². The summed E-state index contributed by atoms with van der Waals surface area (Å²) in [4.78, 5) is 11.5. The Bertz CT molecular complexity index is 665. The molecule has 0 aromatic heterocycles. The minimum atomic E-state index is -1.41. The average Bonchev–Trinajstić information content (AvgIpc) is 2.41. The first-order valence-electron chi connectivity index (χ1n) is 5.94. The maximum absolute atomic E-state index is 13.6. The molecular formula is C15H13FO3S. The van der Waals surface area contributed by atoms with Gasteiger partial charge in [-0.15, -0.1) is 0 Å². The van der Waals surface area contributed by atoms with Gasteiger partial charge in [-0.05, 0) is 37.3 Å². The molecule has 1 N–H and O–H groups in total. The van der Waals surface area contributed by atoms with Gasteiger partial charge in [0.25, 0.3) is 0 Å². The molecule has 104 valence electrons. The van der Waals surface area contributed by atoms with Crippen molar-refractivity contribution in [3.05, 3.63) is 65.0 Å². The predicted molar refractivity (Wildman–Crippen MR) is 74.7 cm³/mol. The van der Waals surface area contributed by atoms with Gasteiger partial charge in [-0.1, -0.05) is 17.7 Å². The van der Waals surface area contributed by atoms with Crippen LogP contribution < -0.4 is 0 Å². The number of hydrogen-bond donors (Lipinski definition) is 1. The van der Waals surface area contributed by atoms with Gasteiger partial charge >= 0.3 is 5.97 Å². The summed E-state index contributed by atoms with van der Waals surface area (Å²) in [6.45, 7) is 1.92. The number of carboxylic acid groups (broad SMARTS) is 1. The zero-order chi connectivity index (χ0) is 14.7. The average molecular weight is 292 g/mol. The van der Waals surface area contributed by atoms with Crippen molar-refractivity contribution >= 4 is 16.8 Å². The first-order chi connectivity index (χ1) is 9.47. The van der Waals surface area contributed by atoms with Crippen molar-refractivity contribution in [3.63, 3.8) is 0 Å². The van der Waals surface area contributed by atoms with Crippen LogP contribution in [0.3, 0.4) is 0 Å². The lowest BCUT2D eigenvalue weighted by molar-refractivity contribution is 0.0696. The van der Waals surface area contributed by atoms with Crippen LogP contribution in [0.4, 0.5) is 4.39 Å². The first-order valence-corrected chi connectivity index (χ1v) is 7.26. The molecule has 2 aromatic carbocycles. The van der Waals surface area contributed by atoms with Crippen LogP contribution in [0.15, 0.2) is 47.4 Å². The molecular weight excluding hydrogens is 279 g/mol. The topological polar surface area (TPSA) is 54.4 Å². The molecule has 0 amide bonds. The molecule has 0 aliphatic carbocycles. The minimum absolute atomic E-state index is 0.0118. The van der Waals surface area contributed by atoms with E-state index in [0.717, 1.165) is 11.6 Å². The second-order valence-corrected chi connectivity index (χ2v) is 5.87. The van der Waals surface area contributed by atoms with Crippen molar-refractivity contribution in [2.45, 2.75) is 17.6 Å². The number of carbonyl (C=O) groups is 1. The molecule has 0 aliphatic heterocycles. The van der Waals surface area contributed by atoms with Crippen molar-refractivity contribution in [1.29, 1.82) is 0 Å². The van der Waals surface area contributed by atoms with E-state index in [-0.39, 0.29) is 16.9 Å². The summed E-state index contributed by atoms with van der Waals surface area (Å²) >= 11 is 0. The Hall–Kier alpha value is -2.01. The Kier molecular flexibility index (Phi) is 4.29. The van der Waals surface area contributed by atoms with Crippen LogP contribution in [0, 0.1) is 12.7 Å². The molecule has 0 heterocycles. The van der Waals surface area contributed by atoms with E-state index < -0.39 is 22.6 Å².